The molecule has 0 radical (unpaired) electrons. The van der Waals surface area contributed by atoms with Gasteiger partial charge in [0.25, 0.3) is 0 Å². The van der Waals surface area contributed by atoms with E-state index in [1.165, 1.54) is 4.90 Å². The van der Waals surface area contributed by atoms with Crippen LogP contribution in [0.3, 0.4) is 0 Å². The third-order valence-electron chi connectivity index (χ3n) is 4.57. The SMILES string of the molecule is CC(C)(C)NC(=O)N1CCN(C(=O)N[C@H](C(=O)O)[C@@H](CCCN=C(N)N)C(=O)O)CC1. The average molecular weight is 444 g/mol. The molecule has 2 atom stereocenters. The van der Waals surface area contributed by atoms with Crippen LogP contribution in [0.25, 0.3) is 0 Å². The van der Waals surface area contributed by atoms with Crippen molar-refractivity contribution in [2.24, 2.45) is 22.4 Å². The highest BCUT2D eigenvalue weighted by Gasteiger charge is 2.36. The zero-order chi connectivity index (χ0) is 23.8. The predicted octanol–water partition coefficient (Wildman–Crippen LogP) is -0.971. The molecule has 4 amide bonds. The molecule has 1 saturated heterocycles. The number of guanidine groups is 1. The van der Waals surface area contributed by atoms with E-state index in [-0.39, 0.29) is 57.6 Å². The molecule has 1 rings (SSSR count). The monoisotopic (exact) mass is 443 g/mol. The first-order valence-corrected chi connectivity index (χ1v) is 9.95. The lowest BCUT2D eigenvalue weighted by atomic mass is 9.94. The van der Waals surface area contributed by atoms with Gasteiger partial charge in [0, 0.05) is 38.3 Å². The number of carbonyl (C=O) groups excluding carboxylic acids is 2. The largest absolute Gasteiger partial charge is 0.481 e. The number of urea groups is 2. The van der Waals surface area contributed by atoms with Crippen LogP contribution in [0.1, 0.15) is 33.6 Å². The third-order valence-corrected chi connectivity index (χ3v) is 4.57. The van der Waals surface area contributed by atoms with Gasteiger partial charge in [-0.2, -0.15) is 0 Å². The summed E-state index contributed by atoms with van der Waals surface area (Å²) >= 11 is 0. The molecule has 0 bridgehead atoms. The van der Waals surface area contributed by atoms with Gasteiger partial charge in [0.05, 0.1) is 5.92 Å². The summed E-state index contributed by atoms with van der Waals surface area (Å²) in [7, 11) is 0. The number of nitrogens with zero attached hydrogens (tertiary/aromatic N) is 3. The molecule has 1 aliphatic heterocycles. The van der Waals surface area contributed by atoms with Crippen LogP contribution in [-0.2, 0) is 9.59 Å². The van der Waals surface area contributed by atoms with Crippen molar-refractivity contribution in [1.82, 2.24) is 20.4 Å². The fourth-order valence-electron chi connectivity index (χ4n) is 3.02. The Kier molecular flexibility index (Phi) is 9.34. The molecule has 0 spiro atoms. The quantitative estimate of drug-likeness (QED) is 0.156. The summed E-state index contributed by atoms with van der Waals surface area (Å²) < 4.78 is 0. The van der Waals surface area contributed by atoms with Crippen LogP contribution in [0.5, 0.6) is 0 Å². The van der Waals surface area contributed by atoms with Crippen molar-refractivity contribution in [2.45, 2.75) is 45.2 Å². The molecule has 0 aromatic rings. The Morgan fingerprint density at radius 3 is 1.90 bits per heavy atom. The minimum Gasteiger partial charge on any atom is -0.481 e. The van der Waals surface area contributed by atoms with Crippen LogP contribution in [0.15, 0.2) is 4.99 Å². The molecule has 13 heteroatoms. The van der Waals surface area contributed by atoms with E-state index >= 15 is 0 Å². The molecule has 1 aliphatic rings. The van der Waals surface area contributed by atoms with Gasteiger partial charge in [0.1, 0.15) is 6.04 Å². The molecule has 1 heterocycles. The maximum Gasteiger partial charge on any atom is 0.327 e. The Hall–Kier alpha value is -3.25. The van der Waals surface area contributed by atoms with Gasteiger partial charge in [-0.1, -0.05) is 0 Å². The highest BCUT2D eigenvalue weighted by molar-refractivity contribution is 5.87. The second kappa shape index (κ2) is 11.2. The van der Waals surface area contributed by atoms with Gasteiger partial charge in [-0.3, -0.25) is 9.79 Å². The van der Waals surface area contributed by atoms with Gasteiger partial charge in [-0.15, -0.1) is 0 Å². The molecule has 0 saturated carbocycles. The van der Waals surface area contributed by atoms with Gasteiger partial charge in [-0.05, 0) is 33.6 Å². The number of hydrogen-bond donors (Lipinski definition) is 6. The minimum absolute atomic E-state index is 0.0376. The molecule has 0 aromatic heterocycles. The van der Waals surface area contributed by atoms with Crippen molar-refractivity contribution in [3.63, 3.8) is 0 Å². The van der Waals surface area contributed by atoms with Gasteiger partial charge in [0.2, 0.25) is 0 Å². The van der Waals surface area contributed by atoms with Crippen LogP contribution < -0.4 is 22.1 Å². The van der Waals surface area contributed by atoms with E-state index in [9.17, 15) is 29.4 Å². The normalized spacial score (nSPS) is 16.1. The molecule has 1 fully saturated rings. The number of nitrogens with one attached hydrogen (secondary N) is 2. The number of carboxylic acids is 2. The van der Waals surface area contributed by atoms with Crippen molar-refractivity contribution in [3.8, 4) is 0 Å². The Bertz CT molecular complexity index is 694. The topological polar surface area (TPSA) is 204 Å². The van der Waals surface area contributed by atoms with Gasteiger partial charge in [0.15, 0.2) is 5.96 Å². The number of carbonyl (C=O) groups is 4. The molecular formula is C18H33N7O6. The number of carboxylic acid groups (broad SMARTS) is 2. The number of rotatable bonds is 8. The Morgan fingerprint density at radius 2 is 1.48 bits per heavy atom. The molecule has 8 N–H and O–H groups in total. The Labute approximate surface area is 180 Å². The summed E-state index contributed by atoms with van der Waals surface area (Å²) in [5.74, 6) is -4.30. The molecule has 0 aliphatic carbocycles. The Morgan fingerprint density at radius 1 is 0.968 bits per heavy atom. The van der Waals surface area contributed by atoms with E-state index < -0.39 is 35.5 Å². The molecule has 0 unspecified atom stereocenters. The summed E-state index contributed by atoms with van der Waals surface area (Å²) in [6.07, 6.45) is 0.195. The van der Waals surface area contributed by atoms with E-state index in [0.717, 1.165) is 0 Å². The fraction of sp³-hybridized carbons (Fsp3) is 0.722. The van der Waals surface area contributed by atoms with Crippen LogP contribution in [0, 0.1) is 5.92 Å². The van der Waals surface area contributed by atoms with Crippen LogP contribution in [0.2, 0.25) is 0 Å². The second-order valence-electron chi connectivity index (χ2n) is 8.31. The Balaban J connectivity index is 2.68. The lowest BCUT2D eigenvalue weighted by Gasteiger charge is -2.37. The maximum atomic E-state index is 12.5. The first kappa shape index (κ1) is 25.8. The average Bonchev–Trinajstić information content (AvgIpc) is 2.64. The van der Waals surface area contributed by atoms with E-state index in [1.807, 2.05) is 20.8 Å². The summed E-state index contributed by atoms with van der Waals surface area (Å²) in [6.45, 7) is 6.65. The van der Waals surface area contributed by atoms with Crippen molar-refractivity contribution >= 4 is 30.0 Å². The smallest absolute Gasteiger partial charge is 0.327 e. The van der Waals surface area contributed by atoms with Gasteiger partial charge in [-0.25, -0.2) is 14.4 Å². The number of aliphatic imine (C=N–C) groups is 1. The standard InChI is InChI=1S/C18H33N7O6/c1-18(2,3)23-17(31)25-9-7-24(8-10-25)16(30)22-12(14(28)29)11(13(26)27)5-4-6-21-15(19)20/h11-12H,4-10H2,1-3H3,(H,22,30)(H,23,31)(H,26,27)(H,28,29)(H4,19,20,21)/t11-,12+/m1/s1. The molecule has 0 aromatic carbocycles. The lowest BCUT2D eigenvalue weighted by molar-refractivity contribution is -0.151. The van der Waals surface area contributed by atoms with Gasteiger partial charge < -0.3 is 42.1 Å². The zero-order valence-electron chi connectivity index (χ0n) is 18.1. The number of hydrogen-bond acceptors (Lipinski definition) is 5. The number of nitrogens with two attached hydrogens (primary N) is 2. The first-order valence-electron chi connectivity index (χ1n) is 9.95. The van der Waals surface area contributed by atoms with Crippen molar-refractivity contribution in [3.05, 3.63) is 0 Å². The third kappa shape index (κ3) is 8.97. The van der Waals surface area contributed by atoms with Crippen LogP contribution >= 0.6 is 0 Å². The van der Waals surface area contributed by atoms with E-state index in [1.54, 1.807) is 4.90 Å². The van der Waals surface area contributed by atoms with Crippen molar-refractivity contribution in [2.75, 3.05) is 32.7 Å². The maximum absolute atomic E-state index is 12.5. The fourth-order valence-corrected chi connectivity index (χ4v) is 3.02. The highest BCUT2D eigenvalue weighted by Crippen LogP contribution is 2.14. The summed E-state index contributed by atoms with van der Waals surface area (Å²) in [6, 6.07) is -2.56. The van der Waals surface area contributed by atoms with Crippen molar-refractivity contribution in [1.29, 1.82) is 0 Å². The molecule has 176 valence electrons. The number of amides is 4. The summed E-state index contributed by atoms with van der Waals surface area (Å²) in [5, 5.41) is 24.1. The minimum atomic E-state index is -1.62. The van der Waals surface area contributed by atoms with Gasteiger partial charge >= 0.3 is 24.0 Å². The number of piperazine rings is 1. The lowest BCUT2D eigenvalue weighted by Crippen LogP contribution is -2.59. The van der Waals surface area contributed by atoms with E-state index in [2.05, 4.69) is 15.6 Å². The second-order valence-corrected chi connectivity index (χ2v) is 8.31. The van der Waals surface area contributed by atoms with Crippen LogP contribution in [0.4, 0.5) is 9.59 Å². The zero-order valence-corrected chi connectivity index (χ0v) is 18.1. The number of aliphatic carboxylic acids is 2. The molecule has 13 nitrogen and oxygen atoms in total. The summed E-state index contributed by atoms with van der Waals surface area (Å²) in [4.78, 5) is 54.7. The first-order chi connectivity index (χ1) is 14.3. The van der Waals surface area contributed by atoms with E-state index in [4.69, 9.17) is 11.5 Å². The predicted molar refractivity (Wildman–Crippen MR) is 112 cm³/mol. The van der Waals surface area contributed by atoms with Crippen molar-refractivity contribution < 1.29 is 29.4 Å². The molecular weight excluding hydrogens is 410 g/mol. The van der Waals surface area contributed by atoms with E-state index in [0.29, 0.717) is 0 Å². The van der Waals surface area contributed by atoms with Crippen LogP contribution in [-0.4, -0.2) is 94.3 Å². The molecule has 31 heavy (non-hydrogen) atoms. The highest BCUT2D eigenvalue weighted by atomic mass is 16.4. The summed E-state index contributed by atoms with van der Waals surface area (Å²) in [5.41, 5.74) is 10.0.